The van der Waals surface area contributed by atoms with E-state index in [-0.39, 0.29) is 29.6 Å². The molecule has 1 aliphatic rings. The zero-order valence-electron chi connectivity index (χ0n) is 16.0. The monoisotopic (exact) mass is 429 g/mol. The number of nitriles is 1. The summed E-state index contributed by atoms with van der Waals surface area (Å²) in [6.45, 7) is 1.44. The van der Waals surface area contributed by atoms with Crippen LogP contribution in [-0.4, -0.2) is 20.4 Å². The van der Waals surface area contributed by atoms with Gasteiger partial charge in [0.2, 0.25) is 5.91 Å². The molecule has 1 amide bonds. The lowest BCUT2D eigenvalue weighted by Crippen LogP contribution is -2.50. The number of aromatic amines is 1. The lowest BCUT2D eigenvalue weighted by molar-refractivity contribution is -0.126. The number of amides is 1. The van der Waals surface area contributed by atoms with E-state index in [1.165, 1.54) is 6.92 Å². The van der Waals surface area contributed by atoms with E-state index in [2.05, 4.69) is 15.3 Å². The van der Waals surface area contributed by atoms with Crippen molar-refractivity contribution in [3.8, 4) is 6.07 Å². The van der Waals surface area contributed by atoms with Gasteiger partial charge in [0.1, 0.15) is 22.8 Å². The van der Waals surface area contributed by atoms with Crippen LogP contribution in [0.1, 0.15) is 37.1 Å². The molecule has 0 spiro atoms. The molecule has 1 aromatic carbocycles. The first-order chi connectivity index (χ1) is 14.7. The Hall–Kier alpha value is -3.94. The minimum atomic E-state index is -1.62. The smallest absolute Gasteiger partial charge is 0.329 e. The van der Waals surface area contributed by atoms with Gasteiger partial charge in [0.25, 0.3) is 5.56 Å². The molecule has 0 aliphatic heterocycles. The van der Waals surface area contributed by atoms with E-state index >= 15 is 0 Å². The van der Waals surface area contributed by atoms with Crippen LogP contribution in [0.25, 0.3) is 10.9 Å². The predicted octanol–water partition coefficient (Wildman–Crippen LogP) is 1.74. The lowest BCUT2D eigenvalue weighted by Gasteiger charge is -2.21. The van der Waals surface area contributed by atoms with Gasteiger partial charge in [0.15, 0.2) is 11.6 Å². The first-order valence-electron chi connectivity index (χ1n) is 9.19. The standard InChI is InChI=1S/C20H14F3N5O3/c1-9(16-12(22)6-10(7-24)8-25-16)26-18(30)20(4-5-20)28-17(29)14-13(27-19(28)31)3-2-11(21)15(14)23/h2-3,6,8-9H,4-5H2,1H3,(H,26,30)(H,27,31)/t9-/m0/s1. The minimum Gasteiger partial charge on any atom is -0.346 e. The largest absolute Gasteiger partial charge is 0.346 e. The Balaban J connectivity index is 1.73. The van der Waals surface area contributed by atoms with Crippen molar-refractivity contribution in [2.75, 3.05) is 0 Å². The number of halogens is 3. The lowest BCUT2D eigenvalue weighted by atomic mass is 10.1. The first kappa shape index (κ1) is 20.3. The molecule has 31 heavy (non-hydrogen) atoms. The summed E-state index contributed by atoms with van der Waals surface area (Å²) in [5.41, 5.74) is -4.05. The molecule has 0 saturated heterocycles. The molecule has 2 N–H and O–H groups in total. The molecule has 1 aliphatic carbocycles. The molecular formula is C20H14F3N5O3. The Morgan fingerprint density at radius 2 is 2.00 bits per heavy atom. The van der Waals surface area contributed by atoms with Gasteiger partial charge in [0.05, 0.1) is 22.8 Å². The van der Waals surface area contributed by atoms with E-state index in [9.17, 15) is 27.6 Å². The van der Waals surface area contributed by atoms with Crippen LogP contribution < -0.4 is 16.6 Å². The molecule has 0 bridgehead atoms. The van der Waals surface area contributed by atoms with Crippen molar-refractivity contribution in [1.82, 2.24) is 19.9 Å². The zero-order valence-corrected chi connectivity index (χ0v) is 16.0. The van der Waals surface area contributed by atoms with Gasteiger partial charge in [-0.05, 0) is 38.0 Å². The van der Waals surface area contributed by atoms with Crippen LogP contribution in [0, 0.1) is 28.8 Å². The molecule has 0 unspecified atom stereocenters. The predicted molar refractivity (Wildman–Crippen MR) is 101 cm³/mol. The van der Waals surface area contributed by atoms with Crippen LogP contribution in [0.4, 0.5) is 13.2 Å². The van der Waals surface area contributed by atoms with Gasteiger partial charge in [-0.15, -0.1) is 0 Å². The van der Waals surface area contributed by atoms with Gasteiger partial charge in [-0.2, -0.15) is 5.26 Å². The molecule has 0 radical (unpaired) electrons. The number of pyridine rings is 1. The second-order valence-electron chi connectivity index (χ2n) is 7.28. The summed E-state index contributed by atoms with van der Waals surface area (Å²) in [4.78, 5) is 44.4. The number of hydrogen-bond donors (Lipinski definition) is 2. The summed E-state index contributed by atoms with van der Waals surface area (Å²) in [6, 6.07) is 3.59. The fourth-order valence-corrected chi connectivity index (χ4v) is 3.53. The van der Waals surface area contributed by atoms with Crippen LogP contribution in [0.3, 0.4) is 0 Å². The number of aromatic nitrogens is 3. The maximum Gasteiger partial charge on any atom is 0.329 e. The highest BCUT2D eigenvalue weighted by Crippen LogP contribution is 2.42. The van der Waals surface area contributed by atoms with E-state index in [1.54, 1.807) is 6.07 Å². The summed E-state index contributed by atoms with van der Waals surface area (Å²) in [7, 11) is 0. The van der Waals surface area contributed by atoms with Crippen molar-refractivity contribution in [1.29, 1.82) is 5.26 Å². The summed E-state index contributed by atoms with van der Waals surface area (Å²) < 4.78 is 42.6. The Morgan fingerprint density at radius 3 is 2.61 bits per heavy atom. The van der Waals surface area contributed by atoms with Crippen LogP contribution in [0.2, 0.25) is 0 Å². The van der Waals surface area contributed by atoms with E-state index in [4.69, 9.17) is 5.26 Å². The van der Waals surface area contributed by atoms with Gasteiger partial charge in [0, 0.05) is 6.20 Å². The number of fused-ring (bicyclic) bond motifs is 1. The normalized spacial score (nSPS) is 15.3. The SMILES string of the molecule is C[C@H](NC(=O)C1(n2c(=O)[nH]c3ccc(F)c(F)c3c2=O)CC1)c1ncc(C#N)cc1F. The number of carbonyl (C=O) groups is 1. The molecule has 2 heterocycles. The highest BCUT2D eigenvalue weighted by atomic mass is 19.2. The van der Waals surface area contributed by atoms with Crippen LogP contribution in [0.15, 0.2) is 34.0 Å². The summed E-state index contributed by atoms with van der Waals surface area (Å²) in [5, 5.41) is 10.6. The van der Waals surface area contributed by atoms with E-state index < -0.39 is 51.6 Å². The fourth-order valence-electron chi connectivity index (χ4n) is 3.53. The number of carbonyl (C=O) groups excluding carboxylic acids is 1. The number of rotatable bonds is 4. The molecule has 8 nitrogen and oxygen atoms in total. The number of hydrogen-bond acceptors (Lipinski definition) is 5. The van der Waals surface area contributed by atoms with Crippen LogP contribution >= 0.6 is 0 Å². The number of benzene rings is 1. The third-order valence-electron chi connectivity index (χ3n) is 5.29. The van der Waals surface area contributed by atoms with Gasteiger partial charge in [-0.3, -0.25) is 14.6 Å². The van der Waals surface area contributed by atoms with E-state index in [0.29, 0.717) is 4.57 Å². The topological polar surface area (TPSA) is 121 Å². The van der Waals surface area contributed by atoms with Crippen molar-refractivity contribution in [2.45, 2.75) is 31.3 Å². The molecule has 2 aromatic heterocycles. The van der Waals surface area contributed by atoms with Crippen LogP contribution in [-0.2, 0) is 10.3 Å². The van der Waals surface area contributed by atoms with E-state index in [0.717, 1.165) is 24.4 Å². The van der Waals surface area contributed by atoms with Gasteiger partial charge < -0.3 is 10.3 Å². The maximum atomic E-state index is 14.2. The van der Waals surface area contributed by atoms with Gasteiger partial charge in [-0.25, -0.2) is 22.5 Å². The highest BCUT2D eigenvalue weighted by molar-refractivity contribution is 5.88. The van der Waals surface area contributed by atoms with Crippen molar-refractivity contribution in [3.05, 3.63) is 73.9 Å². The van der Waals surface area contributed by atoms with Crippen molar-refractivity contribution < 1.29 is 18.0 Å². The molecule has 4 rings (SSSR count). The fraction of sp³-hybridized carbons (Fsp3) is 0.250. The van der Waals surface area contributed by atoms with Crippen molar-refractivity contribution in [3.63, 3.8) is 0 Å². The van der Waals surface area contributed by atoms with Crippen molar-refractivity contribution in [2.24, 2.45) is 0 Å². The number of H-pyrrole nitrogens is 1. The average Bonchev–Trinajstić information content (AvgIpc) is 3.52. The summed E-state index contributed by atoms with van der Waals surface area (Å²) >= 11 is 0. The van der Waals surface area contributed by atoms with Gasteiger partial charge >= 0.3 is 5.69 Å². The summed E-state index contributed by atoms with van der Waals surface area (Å²) in [5.74, 6) is -4.28. The first-order valence-corrected chi connectivity index (χ1v) is 9.19. The minimum absolute atomic E-state index is 0.00180. The second-order valence-corrected chi connectivity index (χ2v) is 7.28. The molecule has 3 aromatic rings. The van der Waals surface area contributed by atoms with Crippen LogP contribution in [0.5, 0.6) is 0 Å². The second kappa shape index (κ2) is 7.09. The molecule has 1 atom stereocenters. The Morgan fingerprint density at radius 1 is 1.29 bits per heavy atom. The Bertz CT molecular complexity index is 1400. The Labute approximate surface area is 172 Å². The molecule has 158 valence electrons. The van der Waals surface area contributed by atoms with E-state index in [1.807, 2.05) is 0 Å². The third kappa shape index (κ3) is 3.16. The molecule has 11 heteroatoms. The molecule has 1 saturated carbocycles. The summed E-state index contributed by atoms with van der Waals surface area (Å²) in [6.07, 6.45) is 1.34. The highest BCUT2D eigenvalue weighted by Gasteiger charge is 2.54. The molecular weight excluding hydrogens is 415 g/mol. The Kier molecular flexibility index (Phi) is 4.65. The zero-order chi connectivity index (χ0) is 22.5. The number of nitrogens with one attached hydrogen (secondary N) is 2. The maximum absolute atomic E-state index is 14.2. The average molecular weight is 429 g/mol. The third-order valence-corrected chi connectivity index (χ3v) is 5.29. The van der Waals surface area contributed by atoms with Gasteiger partial charge in [-0.1, -0.05) is 0 Å². The quantitative estimate of drug-likeness (QED) is 0.655. The van der Waals surface area contributed by atoms with Crippen molar-refractivity contribution >= 4 is 16.8 Å². The number of nitrogens with zero attached hydrogens (tertiary/aromatic N) is 3. The molecule has 1 fully saturated rings.